The first-order valence-corrected chi connectivity index (χ1v) is 22.8. The lowest BCUT2D eigenvalue weighted by Crippen LogP contribution is -2.29. The molecule has 14 rings (SSSR count). The molecule has 0 atom stereocenters. The molecule has 2 aliphatic rings. The zero-order valence-corrected chi connectivity index (χ0v) is 36.0. The Morgan fingerprint density at radius 2 is 0.697 bits per heavy atom. The van der Waals surface area contributed by atoms with Crippen LogP contribution in [0.3, 0.4) is 0 Å². The Morgan fingerprint density at radius 1 is 0.303 bits per heavy atom. The van der Waals surface area contributed by atoms with Crippen LogP contribution in [0.4, 0.5) is 22.7 Å². The highest BCUT2D eigenvalue weighted by molar-refractivity contribution is 6.10. The molecule has 2 aromatic heterocycles. The normalized spacial score (nSPS) is 12.8. The van der Waals surface area contributed by atoms with Gasteiger partial charge in [-0.25, -0.2) is 0 Å². The van der Waals surface area contributed by atoms with Crippen LogP contribution in [0.25, 0.3) is 55.0 Å². The van der Waals surface area contributed by atoms with Gasteiger partial charge in [0.15, 0.2) is 6.21 Å². The van der Waals surface area contributed by atoms with Crippen molar-refractivity contribution in [1.82, 2.24) is 13.7 Å². The number of benzene rings is 10. The minimum absolute atomic E-state index is 0.728. The van der Waals surface area contributed by atoms with Crippen LogP contribution in [-0.4, -0.2) is 21.9 Å². The van der Waals surface area contributed by atoms with E-state index in [1.807, 2.05) is 0 Å². The molecule has 4 nitrogen and oxygen atoms in total. The maximum atomic E-state index is 2.47. The number of anilines is 2. The molecule has 4 heteroatoms. The molecule has 66 heavy (non-hydrogen) atoms. The summed E-state index contributed by atoms with van der Waals surface area (Å²) in [6.07, 6.45) is 2.32. The third-order valence-corrected chi connectivity index (χ3v) is 14.0. The van der Waals surface area contributed by atoms with E-state index in [2.05, 4.69) is 255 Å². The molecule has 1 aliphatic carbocycles. The minimum Gasteiger partial charge on any atom is -0.326 e. The molecule has 0 saturated heterocycles. The van der Waals surface area contributed by atoms with Gasteiger partial charge in [0.05, 0.1) is 22.1 Å². The summed E-state index contributed by atoms with van der Waals surface area (Å²) in [6.45, 7) is 0.728. The van der Waals surface area contributed by atoms with E-state index in [-0.39, 0.29) is 0 Å². The highest BCUT2D eigenvalue weighted by atomic mass is 15.2. The van der Waals surface area contributed by atoms with Gasteiger partial charge in [0.1, 0.15) is 12.2 Å². The van der Waals surface area contributed by atoms with Crippen LogP contribution in [0.5, 0.6) is 0 Å². The zero-order valence-electron chi connectivity index (χ0n) is 36.0. The van der Waals surface area contributed by atoms with Crippen LogP contribution in [0.1, 0.15) is 0 Å². The van der Waals surface area contributed by atoms with Crippen molar-refractivity contribution in [1.29, 1.82) is 0 Å². The molecular weight excluding hydrogens is 801 g/mol. The number of aromatic nitrogens is 2. The average molecular weight is 842 g/mol. The van der Waals surface area contributed by atoms with Crippen molar-refractivity contribution in [2.75, 3.05) is 11.4 Å². The number of fused-ring (bicyclic) bond motifs is 11. The first kappa shape index (κ1) is 36.7. The Labute approximate surface area is 379 Å². The van der Waals surface area contributed by atoms with Crippen LogP contribution < -0.4 is 9.48 Å². The van der Waals surface area contributed by atoms with Crippen molar-refractivity contribution in [2.45, 2.75) is 0 Å². The Kier molecular flexibility index (Phi) is 8.01. The molecule has 308 valence electrons. The predicted octanol–water partition coefficient (Wildman–Crippen LogP) is 14.4. The summed E-state index contributed by atoms with van der Waals surface area (Å²) in [5.41, 5.74) is 11.7. The second-order valence-corrected chi connectivity index (χ2v) is 17.5. The van der Waals surface area contributed by atoms with E-state index < -0.39 is 0 Å². The van der Waals surface area contributed by atoms with Crippen LogP contribution in [-0.2, 0) is 0 Å². The number of hydrogen-bond donors (Lipinski definition) is 0. The van der Waals surface area contributed by atoms with Crippen molar-refractivity contribution in [3.63, 3.8) is 0 Å². The van der Waals surface area contributed by atoms with Crippen LogP contribution >= 0.6 is 0 Å². The Balaban J connectivity index is 1.20. The molecule has 0 saturated carbocycles. The maximum absolute atomic E-state index is 2.47. The average Bonchev–Trinajstić information content (AvgIpc) is 3.91. The molecular formula is C62H41N4+. The second-order valence-electron chi connectivity index (χ2n) is 17.5. The summed E-state index contributed by atoms with van der Waals surface area (Å²) in [6, 6.07) is 85.1. The molecule has 12 aromatic rings. The fraction of sp³-hybridized carbons (Fsp3) is 0.0161. The van der Waals surface area contributed by atoms with Gasteiger partial charge in [-0.2, -0.15) is 4.58 Å². The van der Waals surface area contributed by atoms with Crippen molar-refractivity contribution >= 4 is 72.6 Å². The molecule has 0 bridgehead atoms. The summed E-state index contributed by atoms with van der Waals surface area (Å²) in [5.74, 6) is 0. The third-order valence-electron chi connectivity index (χ3n) is 14.0. The van der Waals surface area contributed by atoms with Gasteiger partial charge in [-0.05, 0) is 108 Å². The number of rotatable bonds is 4. The van der Waals surface area contributed by atoms with Gasteiger partial charge in [-0.3, -0.25) is 0 Å². The van der Waals surface area contributed by atoms with Gasteiger partial charge in [-0.15, -0.1) is 0 Å². The molecule has 0 radical (unpaired) electrons. The topological polar surface area (TPSA) is 16.1 Å². The summed E-state index contributed by atoms with van der Waals surface area (Å²) < 4.78 is 7.28. The quantitative estimate of drug-likeness (QED) is 0.161. The standard InChI is InChI=1S/C62H41N4/c1-3-17-41(18-4-1)63-35-36-64(42-19-5-2-6-20-42)62-40-56-48-34-32-44(66-59-29-15-11-25-51(59)52-26-12-16-30-60(52)66)38-54(48)53-37-43(65-57-27-13-9-23-49(57)50-24-10-14-28-58(50)65)31-33-47(53)45-21-7-8-22-46(45)55(56)39-61(62)63/h1-35,37-40H,36H2/q+1. The van der Waals surface area contributed by atoms with E-state index in [0.29, 0.717) is 0 Å². The maximum Gasteiger partial charge on any atom is 0.235 e. The van der Waals surface area contributed by atoms with Gasteiger partial charge in [0.25, 0.3) is 0 Å². The van der Waals surface area contributed by atoms with E-state index in [1.165, 1.54) is 91.0 Å². The monoisotopic (exact) mass is 841 g/mol. The molecule has 0 unspecified atom stereocenters. The van der Waals surface area contributed by atoms with Gasteiger partial charge < -0.3 is 14.0 Å². The first-order chi connectivity index (χ1) is 32.8. The molecule has 0 fully saturated rings. The van der Waals surface area contributed by atoms with Crippen molar-refractivity contribution in [3.8, 4) is 11.4 Å². The number of nitrogens with zero attached hydrogens (tertiary/aromatic N) is 4. The third kappa shape index (κ3) is 5.42. The Bertz CT molecular complexity index is 4330. The molecule has 10 aromatic carbocycles. The molecule has 0 N–H and O–H groups in total. The highest BCUT2D eigenvalue weighted by Crippen LogP contribution is 2.40. The molecule has 1 aliphatic heterocycles. The molecule has 0 spiro atoms. The van der Waals surface area contributed by atoms with Crippen molar-refractivity contribution in [3.05, 3.63) is 272 Å². The Morgan fingerprint density at radius 3 is 1.23 bits per heavy atom. The van der Waals surface area contributed by atoms with Gasteiger partial charge >= 0.3 is 0 Å². The van der Waals surface area contributed by atoms with Crippen LogP contribution in [0.15, 0.2) is 231 Å². The smallest absolute Gasteiger partial charge is 0.235 e. The summed E-state index contributed by atoms with van der Waals surface area (Å²) in [7, 11) is 0. The van der Waals surface area contributed by atoms with E-state index in [4.69, 9.17) is 0 Å². The summed E-state index contributed by atoms with van der Waals surface area (Å²) >= 11 is 0. The van der Waals surface area contributed by atoms with Crippen LogP contribution in [0.2, 0.25) is 0 Å². The lowest BCUT2D eigenvalue weighted by molar-refractivity contribution is 0.994. The van der Waals surface area contributed by atoms with E-state index in [0.717, 1.165) is 35.0 Å². The van der Waals surface area contributed by atoms with E-state index in [9.17, 15) is 0 Å². The second kappa shape index (κ2) is 14.4. The molecule has 0 amide bonds. The lowest BCUT2D eigenvalue weighted by atomic mass is 9.99. The largest absolute Gasteiger partial charge is 0.326 e. The minimum atomic E-state index is 0.728. The fourth-order valence-electron chi connectivity index (χ4n) is 11.1. The number of hydrogen-bond acceptors (Lipinski definition) is 1. The first-order valence-electron chi connectivity index (χ1n) is 22.8. The van der Waals surface area contributed by atoms with Gasteiger partial charge in [-0.1, -0.05) is 146 Å². The van der Waals surface area contributed by atoms with Gasteiger partial charge in [0, 0.05) is 56.8 Å². The zero-order chi connectivity index (χ0) is 43.3. The number of para-hydroxylation sites is 6. The van der Waals surface area contributed by atoms with E-state index in [1.54, 1.807) is 0 Å². The Hall–Kier alpha value is -8.73. The van der Waals surface area contributed by atoms with E-state index >= 15 is 0 Å². The predicted molar refractivity (Wildman–Crippen MR) is 273 cm³/mol. The van der Waals surface area contributed by atoms with Crippen molar-refractivity contribution in [2.24, 2.45) is 0 Å². The fourth-order valence-corrected chi connectivity index (χ4v) is 11.1. The SMILES string of the molecule is C1=[N+](c2ccccc2)c2cc3c(cc2N(c2ccccc2)C1)=c1ccc(-n2c4ccccc4c4ccccc42)cc1=c1cc(-n2c4ccccc4c4ccccc42)ccc1=c1ccccc1=3. The summed E-state index contributed by atoms with van der Waals surface area (Å²) in [5, 5.41) is 14.6. The lowest BCUT2D eigenvalue weighted by Gasteiger charge is -2.27. The molecule has 3 heterocycles. The van der Waals surface area contributed by atoms with Crippen molar-refractivity contribution < 1.29 is 0 Å². The highest BCUT2D eigenvalue weighted by Gasteiger charge is 2.28. The van der Waals surface area contributed by atoms with Gasteiger partial charge in [0.2, 0.25) is 11.4 Å². The van der Waals surface area contributed by atoms with Crippen LogP contribution in [0, 0.1) is 41.7 Å². The summed E-state index contributed by atoms with van der Waals surface area (Å²) in [4.78, 5) is 2.46.